The smallest absolute Gasteiger partial charge is 0.228 e. The Hall–Kier alpha value is -2.71. The van der Waals surface area contributed by atoms with Crippen LogP contribution in [0.15, 0.2) is 17.0 Å². The number of aromatic amines is 1. The first-order chi connectivity index (χ1) is 9.36. The molecule has 0 saturated carbocycles. The second-order valence-corrected chi connectivity index (χ2v) is 3.79. The van der Waals surface area contributed by atoms with E-state index >= 15 is 0 Å². The molecule has 0 radical (unpaired) electrons. The minimum absolute atomic E-state index is 0.525. The minimum atomic E-state index is 0.525. The van der Waals surface area contributed by atoms with Gasteiger partial charge in [-0.1, -0.05) is 5.16 Å². The summed E-state index contributed by atoms with van der Waals surface area (Å²) in [5, 5.41) is 17.3. The molecule has 3 aromatic rings. The molecule has 0 saturated heterocycles. The van der Waals surface area contributed by atoms with Crippen LogP contribution in [-0.4, -0.2) is 43.9 Å². The lowest BCUT2D eigenvalue weighted by molar-refractivity contribution is 0.380. The quantitative estimate of drug-likeness (QED) is 0.604. The molecule has 19 heavy (non-hydrogen) atoms. The lowest BCUT2D eigenvalue weighted by Gasteiger charge is -2.06. The topological polar surface area (TPSA) is 117 Å². The van der Waals surface area contributed by atoms with Crippen molar-refractivity contribution in [3.8, 4) is 0 Å². The van der Waals surface area contributed by atoms with Crippen molar-refractivity contribution in [1.82, 2.24) is 30.3 Å². The molecule has 0 aliphatic rings. The SMILES string of the molecule is CNc1nc(NCCc2ncno2)c2cn[nH]c2n1. The molecule has 3 rings (SSSR count). The van der Waals surface area contributed by atoms with Gasteiger partial charge in [-0.25, -0.2) is 0 Å². The molecule has 0 atom stereocenters. The van der Waals surface area contributed by atoms with Crippen LogP contribution in [0, 0.1) is 0 Å². The van der Waals surface area contributed by atoms with Gasteiger partial charge < -0.3 is 15.2 Å². The highest BCUT2D eigenvalue weighted by Gasteiger charge is 2.08. The maximum Gasteiger partial charge on any atom is 0.228 e. The van der Waals surface area contributed by atoms with Gasteiger partial charge in [-0.2, -0.15) is 20.1 Å². The highest BCUT2D eigenvalue weighted by atomic mass is 16.5. The van der Waals surface area contributed by atoms with Gasteiger partial charge in [-0.15, -0.1) is 0 Å². The standard InChI is InChI=1S/C10H12N8O/c1-11-10-16-8(6-4-14-18-9(6)17-10)12-3-2-7-13-5-15-19-7/h4-5H,2-3H2,1H3,(H3,11,12,14,16,17,18). The summed E-state index contributed by atoms with van der Waals surface area (Å²) in [6.07, 6.45) is 3.69. The van der Waals surface area contributed by atoms with Gasteiger partial charge >= 0.3 is 0 Å². The van der Waals surface area contributed by atoms with Crippen molar-refractivity contribution in [1.29, 1.82) is 0 Å². The van der Waals surface area contributed by atoms with Gasteiger partial charge in [0.05, 0.1) is 11.6 Å². The van der Waals surface area contributed by atoms with Crippen molar-refractivity contribution < 1.29 is 4.52 Å². The number of rotatable bonds is 5. The molecule has 0 fully saturated rings. The summed E-state index contributed by atoms with van der Waals surface area (Å²) in [7, 11) is 1.76. The number of hydrogen-bond donors (Lipinski definition) is 3. The lowest BCUT2D eigenvalue weighted by atomic mass is 10.3. The van der Waals surface area contributed by atoms with E-state index in [0.29, 0.717) is 36.3 Å². The van der Waals surface area contributed by atoms with Crippen molar-refractivity contribution in [2.45, 2.75) is 6.42 Å². The first-order valence-electron chi connectivity index (χ1n) is 5.75. The predicted octanol–water partition coefficient (Wildman–Crippen LogP) is 0.432. The van der Waals surface area contributed by atoms with Crippen LogP contribution in [0.5, 0.6) is 0 Å². The van der Waals surface area contributed by atoms with Gasteiger partial charge in [0.15, 0.2) is 12.0 Å². The Morgan fingerprint density at radius 1 is 1.37 bits per heavy atom. The Bertz CT molecular complexity index is 661. The van der Waals surface area contributed by atoms with E-state index in [-0.39, 0.29) is 0 Å². The van der Waals surface area contributed by atoms with E-state index in [4.69, 9.17) is 4.52 Å². The van der Waals surface area contributed by atoms with Crippen LogP contribution < -0.4 is 10.6 Å². The highest BCUT2D eigenvalue weighted by molar-refractivity contribution is 5.86. The largest absolute Gasteiger partial charge is 0.369 e. The van der Waals surface area contributed by atoms with Crippen molar-refractivity contribution in [3.63, 3.8) is 0 Å². The maximum atomic E-state index is 4.92. The molecule has 0 aromatic carbocycles. The first-order valence-corrected chi connectivity index (χ1v) is 5.75. The van der Waals surface area contributed by atoms with E-state index in [0.717, 1.165) is 5.39 Å². The van der Waals surface area contributed by atoms with Gasteiger partial charge in [-0.05, 0) is 0 Å². The Kier molecular flexibility index (Phi) is 2.93. The van der Waals surface area contributed by atoms with Gasteiger partial charge in [0.1, 0.15) is 5.82 Å². The zero-order valence-corrected chi connectivity index (χ0v) is 10.2. The van der Waals surface area contributed by atoms with Gasteiger partial charge in [-0.3, -0.25) is 5.10 Å². The maximum absolute atomic E-state index is 4.92. The molecule has 0 amide bonds. The third kappa shape index (κ3) is 2.30. The Morgan fingerprint density at radius 3 is 3.11 bits per heavy atom. The number of fused-ring (bicyclic) bond motifs is 1. The van der Waals surface area contributed by atoms with E-state index in [1.807, 2.05) is 0 Å². The van der Waals surface area contributed by atoms with Crippen molar-refractivity contribution in [3.05, 3.63) is 18.4 Å². The second-order valence-electron chi connectivity index (χ2n) is 3.79. The van der Waals surface area contributed by atoms with Crippen molar-refractivity contribution in [2.75, 3.05) is 24.2 Å². The van der Waals surface area contributed by atoms with E-state index in [9.17, 15) is 0 Å². The molecule has 9 heteroatoms. The fraction of sp³-hybridized carbons (Fsp3) is 0.300. The fourth-order valence-electron chi connectivity index (χ4n) is 1.68. The molecular weight excluding hydrogens is 248 g/mol. The molecule has 0 unspecified atom stereocenters. The van der Waals surface area contributed by atoms with Crippen LogP contribution >= 0.6 is 0 Å². The zero-order chi connectivity index (χ0) is 13.1. The molecule has 0 spiro atoms. The molecule has 0 aliphatic carbocycles. The summed E-state index contributed by atoms with van der Waals surface area (Å²) >= 11 is 0. The van der Waals surface area contributed by atoms with Gasteiger partial charge in [0, 0.05) is 20.0 Å². The predicted molar refractivity (Wildman–Crippen MR) is 67.7 cm³/mol. The normalized spacial score (nSPS) is 10.8. The summed E-state index contributed by atoms with van der Waals surface area (Å²) in [6, 6.07) is 0. The van der Waals surface area contributed by atoms with E-state index in [1.54, 1.807) is 13.2 Å². The van der Waals surface area contributed by atoms with Gasteiger partial charge in [0.25, 0.3) is 0 Å². The van der Waals surface area contributed by atoms with E-state index in [2.05, 4.69) is 40.9 Å². The van der Waals surface area contributed by atoms with Crippen LogP contribution in [0.3, 0.4) is 0 Å². The summed E-state index contributed by atoms with van der Waals surface area (Å²) < 4.78 is 4.92. The summed E-state index contributed by atoms with van der Waals surface area (Å²) in [4.78, 5) is 12.6. The van der Waals surface area contributed by atoms with Crippen LogP contribution in [0.1, 0.15) is 5.89 Å². The summed E-state index contributed by atoms with van der Waals surface area (Å²) in [5.41, 5.74) is 0.680. The average molecular weight is 260 g/mol. The summed E-state index contributed by atoms with van der Waals surface area (Å²) in [5.74, 6) is 1.82. The number of nitrogens with zero attached hydrogens (tertiary/aromatic N) is 5. The van der Waals surface area contributed by atoms with Crippen LogP contribution in [0.4, 0.5) is 11.8 Å². The van der Waals surface area contributed by atoms with Crippen molar-refractivity contribution >= 4 is 22.8 Å². The van der Waals surface area contributed by atoms with Crippen LogP contribution in [0.25, 0.3) is 11.0 Å². The number of hydrogen-bond acceptors (Lipinski definition) is 8. The number of nitrogens with one attached hydrogen (secondary N) is 3. The molecule has 0 aliphatic heterocycles. The molecule has 98 valence electrons. The number of aromatic nitrogens is 6. The molecule has 3 aromatic heterocycles. The Morgan fingerprint density at radius 2 is 2.32 bits per heavy atom. The monoisotopic (exact) mass is 260 g/mol. The van der Waals surface area contributed by atoms with E-state index in [1.165, 1.54) is 6.33 Å². The third-order valence-corrected chi connectivity index (χ3v) is 2.57. The minimum Gasteiger partial charge on any atom is -0.369 e. The first kappa shape index (κ1) is 11.4. The molecular formula is C10H12N8O. The zero-order valence-electron chi connectivity index (χ0n) is 10.2. The highest BCUT2D eigenvalue weighted by Crippen LogP contribution is 2.19. The third-order valence-electron chi connectivity index (χ3n) is 2.57. The van der Waals surface area contributed by atoms with Crippen molar-refractivity contribution in [2.24, 2.45) is 0 Å². The number of anilines is 2. The molecule has 3 N–H and O–H groups in total. The number of H-pyrrole nitrogens is 1. The second kappa shape index (κ2) is 4.88. The fourth-order valence-corrected chi connectivity index (χ4v) is 1.68. The molecule has 0 bridgehead atoms. The van der Waals surface area contributed by atoms with Crippen LogP contribution in [-0.2, 0) is 6.42 Å². The molecule has 9 nitrogen and oxygen atoms in total. The Labute approximate surface area is 107 Å². The van der Waals surface area contributed by atoms with Gasteiger partial charge in [0.2, 0.25) is 11.8 Å². The molecule has 3 heterocycles. The Balaban J connectivity index is 1.77. The average Bonchev–Trinajstić information content (AvgIpc) is 3.08. The lowest BCUT2D eigenvalue weighted by Crippen LogP contribution is -2.08. The summed E-state index contributed by atoms with van der Waals surface area (Å²) in [6.45, 7) is 0.628. The van der Waals surface area contributed by atoms with Crippen LogP contribution in [0.2, 0.25) is 0 Å². The van der Waals surface area contributed by atoms with E-state index < -0.39 is 0 Å².